The molecule has 1 aromatic heterocycles. The van der Waals surface area contributed by atoms with Crippen LogP contribution in [0.3, 0.4) is 0 Å². The Labute approximate surface area is 169 Å². The molecule has 0 unspecified atom stereocenters. The zero-order valence-electron chi connectivity index (χ0n) is 15.8. The van der Waals surface area contributed by atoms with Crippen LogP contribution in [0.4, 0.5) is 11.4 Å². The number of nitrogens with one attached hydrogen (secondary N) is 2. The van der Waals surface area contributed by atoms with Gasteiger partial charge in [0.2, 0.25) is 0 Å². The molecule has 0 saturated heterocycles. The van der Waals surface area contributed by atoms with Crippen LogP contribution in [0.1, 0.15) is 29.8 Å². The van der Waals surface area contributed by atoms with E-state index in [2.05, 4.69) is 15.6 Å². The van der Waals surface area contributed by atoms with Crippen molar-refractivity contribution >= 4 is 28.9 Å². The van der Waals surface area contributed by atoms with Gasteiger partial charge in [-0.3, -0.25) is 9.78 Å². The number of amides is 1. The SMILES string of the molecule is CC(C)Oc1ccc(NC(=O)c2cncc(NCc3ccccc3Cl)c2)cc1. The van der Waals surface area contributed by atoms with Gasteiger partial charge in [-0.05, 0) is 55.8 Å². The van der Waals surface area contributed by atoms with Crippen LogP contribution in [0.2, 0.25) is 5.02 Å². The van der Waals surface area contributed by atoms with E-state index < -0.39 is 0 Å². The predicted molar refractivity (Wildman–Crippen MR) is 113 cm³/mol. The van der Waals surface area contributed by atoms with Crippen LogP contribution < -0.4 is 15.4 Å². The van der Waals surface area contributed by atoms with Gasteiger partial charge in [0.25, 0.3) is 5.91 Å². The van der Waals surface area contributed by atoms with Crippen molar-refractivity contribution in [1.29, 1.82) is 0 Å². The first-order valence-corrected chi connectivity index (χ1v) is 9.39. The zero-order valence-corrected chi connectivity index (χ0v) is 16.5. The van der Waals surface area contributed by atoms with Crippen molar-refractivity contribution in [3.8, 4) is 5.75 Å². The van der Waals surface area contributed by atoms with E-state index in [1.165, 1.54) is 6.20 Å². The second-order valence-corrected chi connectivity index (χ2v) is 6.96. The van der Waals surface area contributed by atoms with E-state index in [0.717, 1.165) is 17.0 Å². The Morgan fingerprint density at radius 3 is 2.54 bits per heavy atom. The van der Waals surface area contributed by atoms with Crippen LogP contribution in [0.25, 0.3) is 0 Å². The molecule has 0 bridgehead atoms. The molecule has 2 N–H and O–H groups in total. The number of benzene rings is 2. The summed E-state index contributed by atoms with van der Waals surface area (Å²) in [6, 6.07) is 16.7. The summed E-state index contributed by atoms with van der Waals surface area (Å²) in [5.74, 6) is 0.534. The van der Waals surface area contributed by atoms with Crippen LogP contribution in [0, 0.1) is 0 Å². The molecule has 0 fully saturated rings. The number of carbonyl (C=O) groups excluding carboxylic acids is 1. The molecular formula is C22H22ClN3O2. The molecule has 0 aliphatic heterocycles. The Balaban J connectivity index is 1.62. The van der Waals surface area contributed by atoms with E-state index in [9.17, 15) is 4.79 Å². The first kappa shape index (κ1) is 19.7. The molecule has 0 radical (unpaired) electrons. The van der Waals surface area contributed by atoms with E-state index in [-0.39, 0.29) is 12.0 Å². The summed E-state index contributed by atoms with van der Waals surface area (Å²) in [5, 5.41) is 6.80. The molecule has 144 valence electrons. The van der Waals surface area contributed by atoms with E-state index in [1.807, 2.05) is 62.4 Å². The fourth-order valence-corrected chi connectivity index (χ4v) is 2.79. The predicted octanol–water partition coefficient (Wildman–Crippen LogP) is 5.39. The van der Waals surface area contributed by atoms with Gasteiger partial charge in [0.15, 0.2) is 0 Å². The molecule has 0 saturated carbocycles. The fraction of sp³-hybridized carbons (Fsp3) is 0.182. The minimum atomic E-state index is -0.230. The summed E-state index contributed by atoms with van der Waals surface area (Å²) in [5.41, 5.74) is 2.87. The summed E-state index contributed by atoms with van der Waals surface area (Å²) in [6.45, 7) is 4.48. The molecule has 6 heteroatoms. The van der Waals surface area contributed by atoms with Gasteiger partial charge < -0.3 is 15.4 Å². The standard InChI is InChI=1S/C22H22ClN3O2/c1-15(2)28-20-9-7-18(8-10-20)26-22(27)17-11-19(14-24-12-17)25-13-16-5-3-4-6-21(16)23/h3-12,14-15,25H,13H2,1-2H3,(H,26,27). The number of ether oxygens (including phenoxy) is 1. The topological polar surface area (TPSA) is 63.2 Å². The van der Waals surface area contributed by atoms with Crippen molar-refractivity contribution in [2.75, 3.05) is 10.6 Å². The average Bonchev–Trinajstić information content (AvgIpc) is 2.69. The number of carbonyl (C=O) groups is 1. The Bertz CT molecular complexity index is 943. The average molecular weight is 396 g/mol. The van der Waals surface area contributed by atoms with Crippen molar-refractivity contribution in [3.05, 3.63) is 83.1 Å². The largest absolute Gasteiger partial charge is 0.491 e. The van der Waals surface area contributed by atoms with E-state index >= 15 is 0 Å². The van der Waals surface area contributed by atoms with Crippen LogP contribution in [0.5, 0.6) is 5.75 Å². The maximum absolute atomic E-state index is 12.5. The number of halogens is 1. The van der Waals surface area contributed by atoms with Gasteiger partial charge in [-0.2, -0.15) is 0 Å². The number of hydrogen-bond acceptors (Lipinski definition) is 4. The number of rotatable bonds is 7. The molecule has 0 atom stereocenters. The molecular weight excluding hydrogens is 374 g/mol. The third-order valence-corrected chi connectivity index (χ3v) is 4.29. The molecule has 0 aliphatic carbocycles. The Hall–Kier alpha value is -3.05. The zero-order chi connectivity index (χ0) is 19.9. The van der Waals surface area contributed by atoms with Gasteiger partial charge in [0.05, 0.1) is 17.4 Å². The summed E-state index contributed by atoms with van der Waals surface area (Å²) in [4.78, 5) is 16.7. The molecule has 1 amide bonds. The number of aromatic nitrogens is 1. The highest BCUT2D eigenvalue weighted by atomic mass is 35.5. The lowest BCUT2D eigenvalue weighted by Crippen LogP contribution is -2.13. The quantitative estimate of drug-likeness (QED) is 0.563. The smallest absolute Gasteiger partial charge is 0.257 e. The van der Waals surface area contributed by atoms with Crippen molar-refractivity contribution in [1.82, 2.24) is 4.98 Å². The molecule has 3 rings (SSSR count). The Morgan fingerprint density at radius 1 is 1.07 bits per heavy atom. The maximum Gasteiger partial charge on any atom is 0.257 e. The van der Waals surface area contributed by atoms with E-state index in [0.29, 0.717) is 22.8 Å². The third kappa shape index (κ3) is 5.47. The first-order chi connectivity index (χ1) is 13.5. The minimum absolute atomic E-state index is 0.104. The van der Waals surface area contributed by atoms with Gasteiger partial charge in [0, 0.05) is 29.6 Å². The molecule has 28 heavy (non-hydrogen) atoms. The summed E-state index contributed by atoms with van der Waals surface area (Å²) >= 11 is 6.17. The van der Waals surface area contributed by atoms with Crippen LogP contribution in [-0.2, 0) is 6.54 Å². The Morgan fingerprint density at radius 2 is 1.82 bits per heavy atom. The highest BCUT2D eigenvalue weighted by Gasteiger charge is 2.08. The second-order valence-electron chi connectivity index (χ2n) is 6.55. The first-order valence-electron chi connectivity index (χ1n) is 9.01. The van der Waals surface area contributed by atoms with Crippen molar-refractivity contribution in [3.63, 3.8) is 0 Å². The molecule has 0 spiro atoms. The Kier molecular flexibility index (Phi) is 6.50. The number of nitrogens with zero attached hydrogens (tertiary/aromatic N) is 1. The number of hydrogen-bond donors (Lipinski definition) is 2. The maximum atomic E-state index is 12.5. The monoisotopic (exact) mass is 395 g/mol. The highest BCUT2D eigenvalue weighted by Crippen LogP contribution is 2.19. The summed E-state index contributed by atoms with van der Waals surface area (Å²) in [7, 11) is 0. The van der Waals surface area contributed by atoms with Gasteiger partial charge in [-0.25, -0.2) is 0 Å². The van der Waals surface area contributed by atoms with Gasteiger partial charge >= 0.3 is 0 Å². The van der Waals surface area contributed by atoms with E-state index in [1.54, 1.807) is 12.3 Å². The molecule has 0 aliphatic rings. The molecule has 3 aromatic rings. The molecule has 1 heterocycles. The highest BCUT2D eigenvalue weighted by molar-refractivity contribution is 6.31. The normalized spacial score (nSPS) is 10.6. The number of anilines is 2. The lowest BCUT2D eigenvalue weighted by atomic mass is 10.2. The van der Waals surface area contributed by atoms with Crippen molar-refractivity contribution in [2.24, 2.45) is 0 Å². The lowest BCUT2D eigenvalue weighted by molar-refractivity contribution is 0.102. The van der Waals surface area contributed by atoms with Gasteiger partial charge in [-0.15, -0.1) is 0 Å². The van der Waals surface area contributed by atoms with Crippen LogP contribution in [0.15, 0.2) is 67.0 Å². The van der Waals surface area contributed by atoms with E-state index in [4.69, 9.17) is 16.3 Å². The molecule has 2 aromatic carbocycles. The number of pyridine rings is 1. The van der Waals surface area contributed by atoms with Gasteiger partial charge in [0.1, 0.15) is 5.75 Å². The second kappa shape index (κ2) is 9.24. The fourth-order valence-electron chi connectivity index (χ4n) is 2.59. The van der Waals surface area contributed by atoms with Crippen LogP contribution in [-0.4, -0.2) is 17.0 Å². The molecule has 5 nitrogen and oxygen atoms in total. The lowest BCUT2D eigenvalue weighted by Gasteiger charge is -2.11. The summed E-state index contributed by atoms with van der Waals surface area (Å²) in [6.07, 6.45) is 3.31. The summed E-state index contributed by atoms with van der Waals surface area (Å²) < 4.78 is 5.61. The minimum Gasteiger partial charge on any atom is -0.491 e. The van der Waals surface area contributed by atoms with Crippen LogP contribution >= 0.6 is 11.6 Å². The van der Waals surface area contributed by atoms with Gasteiger partial charge in [-0.1, -0.05) is 29.8 Å². The third-order valence-electron chi connectivity index (χ3n) is 3.93. The van der Waals surface area contributed by atoms with Crippen molar-refractivity contribution in [2.45, 2.75) is 26.5 Å². The van der Waals surface area contributed by atoms with Crippen molar-refractivity contribution < 1.29 is 9.53 Å².